The first-order chi connectivity index (χ1) is 14.3. The minimum absolute atomic E-state index is 0.0239. The topological polar surface area (TPSA) is 78.4 Å². The van der Waals surface area contributed by atoms with Crippen LogP contribution in [-0.2, 0) is 16.0 Å². The number of hydrogen-bond donors (Lipinski definition) is 3. The van der Waals surface area contributed by atoms with Crippen LogP contribution in [0.3, 0.4) is 0 Å². The Morgan fingerprint density at radius 3 is 2.33 bits per heavy atom. The van der Waals surface area contributed by atoms with Crippen LogP contribution in [0.2, 0.25) is 0 Å². The van der Waals surface area contributed by atoms with E-state index >= 15 is 0 Å². The summed E-state index contributed by atoms with van der Waals surface area (Å²) in [7, 11) is 0. The predicted molar refractivity (Wildman–Crippen MR) is 112 cm³/mol. The van der Waals surface area contributed by atoms with Crippen LogP contribution in [0.15, 0.2) is 18.2 Å². The van der Waals surface area contributed by atoms with Gasteiger partial charge in [-0.15, -0.1) is 0 Å². The first-order valence-corrected chi connectivity index (χ1v) is 11.0. The molecule has 0 aromatic heterocycles. The van der Waals surface area contributed by atoms with Gasteiger partial charge < -0.3 is 15.7 Å². The first kappa shape index (κ1) is 24.3. The summed E-state index contributed by atoms with van der Waals surface area (Å²) < 4.78 is 27.0. The molecule has 3 atom stereocenters. The van der Waals surface area contributed by atoms with Gasteiger partial charge in [-0.2, -0.15) is 0 Å². The average molecular weight is 425 g/mol. The van der Waals surface area contributed by atoms with E-state index in [1.807, 2.05) is 6.92 Å². The van der Waals surface area contributed by atoms with Crippen molar-refractivity contribution in [3.8, 4) is 0 Å². The molecule has 7 heteroatoms. The van der Waals surface area contributed by atoms with E-state index in [9.17, 15) is 23.5 Å². The maximum atomic E-state index is 13.5. The summed E-state index contributed by atoms with van der Waals surface area (Å²) in [5, 5.41) is 16.4. The molecule has 1 aromatic carbocycles. The van der Waals surface area contributed by atoms with E-state index in [-0.39, 0.29) is 30.7 Å². The van der Waals surface area contributed by atoms with E-state index in [1.165, 1.54) is 44.7 Å². The van der Waals surface area contributed by atoms with Gasteiger partial charge in [0.2, 0.25) is 11.8 Å². The Bertz CT molecular complexity index is 687. The van der Waals surface area contributed by atoms with Crippen LogP contribution in [0.1, 0.15) is 70.8 Å². The molecular weight excluding hydrogens is 390 g/mol. The van der Waals surface area contributed by atoms with Crippen LogP contribution >= 0.6 is 0 Å². The van der Waals surface area contributed by atoms with Gasteiger partial charge in [-0.25, -0.2) is 8.78 Å². The van der Waals surface area contributed by atoms with Gasteiger partial charge in [0, 0.05) is 25.5 Å². The lowest BCUT2D eigenvalue weighted by atomic mass is 9.95. The lowest BCUT2D eigenvalue weighted by Crippen LogP contribution is -2.47. The Morgan fingerprint density at radius 2 is 1.77 bits per heavy atom. The summed E-state index contributed by atoms with van der Waals surface area (Å²) in [4.78, 5) is 23.9. The third-order valence-corrected chi connectivity index (χ3v) is 5.87. The van der Waals surface area contributed by atoms with Crippen molar-refractivity contribution < 1.29 is 23.5 Å². The van der Waals surface area contributed by atoms with Crippen LogP contribution in [-0.4, -0.2) is 35.1 Å². The van der Waals surface area contributed by atoms with Gasteiger partial charge in [0.15, 0.2) is 0 Å². The van der Waals surface area contributed by atoms with Gasteiger partial charge >= 0.3 is 0 Å². The highest BCUT2D eigenvalue weighted by molar-refractivity contribution is 5.76. The summed E-state index contributed by atoms with van der Waals surface area (Å²) in [5.41, 5.74) is 0.346. The van der Waals surface area contributed by atoms with Gasteiger partial charge in [-0.1, -0.05) is 32.6 Å². The largest absolute Gasteiger partial charge is 0.391 e. The minimum Gasteiger partial charge on any atom is -0.391 e. The van der Waals surface area contributed by atoms with Gasteiger partial charge in [0.25, 0.3) is 0 Å². The quantitative estimate of drug-likeness (QED) is 0.508. The molecule has 2 amide bonds. The molecule has 1 saturated carbocycles. The standard InChI is InChI=1S/C23H34F2N2O3/c1-3-20(27-23(30)9-8-16-6-4-5-7-16)14-22(29)21(26-15(2)28)12-17-10-18(24)13-19(25)11-17/h10-11,13,16,20-22,29H,3-9,12,14H2,1-2H3,(H,26,28)(H,27,30). The van der Waals surface area contributed by atoms with Crippen molar-refractivity contribution in [2.75, 3.05) is 0 Å². The Morgan fingerprint density at radius 1 is 1.13 bits per heavy atom. The molecule has 0 aliphatic heterocycles. The number of halogens is 2. The molecule has 0 saturated heterocycles. The highest BCUT2D eigenvalue weighted by Crippen LogP contribution is 2.28. The van der Waals surface area contributed by atoms with E-state index in [1.54, 1.807) is 0 Å². The normalized spacial score (nSPS) is 17.4. The fourth-order valence-electron chi connectivity index (χ4n) is 4.24. The zero-order valence-electron chi connectivity index (χ0n) is 17.9. The lowest BCUT2D eigenvalue weighted by molar-refractivity contribution is -0.123. The molecule has 5 nitrogen and oxygen atoms in total. The fourth-order valence-corrected chi connectivity index (χ4v) is 4.24. The molecular formula is C23H34F2N2O3. The maximum Gasteiger partial charge on any atom is 0.220 e. The van der Waals surface area contributed by atoms with E-state index in [0.29, 0.717) is 24.3 Å². The minimum atomic E-state index is -0.972. The number of carbonyl (C=O) groups is 2. The van der Waals surface area contributed by atoms with Crippen molar-refractivity contribution in [3.63, 3.8) is 0 Å². The Balaban J connectivity index is 1.93. The Kier molecular flexibility index (Phi) is 9.69. The Labute approximate surface area is 177 Å². The number of aliphatic hydroxyl groups is 1. The third kappa shape index (κ3) is 8.38. The second-order valence-corrected chi connectivity index (χ2v) is 8.45. The molecule has 1 aliphatic rings. The zero-order valence-corrected chi connectivity index (χ0v) is 17.9. The molecule has 0 bridgehead atoms. The molecule has 168 valence electrons. The number of aliphatic hydroxyl groups excluding tert-OH is 1. The number of amides is 2. The van der Waals surface area contributed by atoms with E-state index in [4.69, 9.17) is 0 Å². The molecule has 3 N–H and O–H groups in total. The van der Waals surface area contributed by atoms with Crippen LogP contribution < -0.4 is 10.6 Å². The average Bonchev–Trinajstić information content (AvgIpc) is 3.17. The number of rotatable bonds is 11. The summed E-state index contributed by atoms with van der Waals surface area (Å²) in [6.45, 7) is 3.25. The lowest BCUT2D eigenvalue weighted by Gasteiger charge is -2.27. The smallest absolute Gasteiger partial charge is 0.220 e. The van der Waals surface area contributed by atoms with Crippen molar-refractivity contribution >= 4 is 11.8 Å². The highest BCUT2D eigenvalue weighted by atomic mass is 19.1. The molecule has 0 heterocycles. The number of hydrogen-bond acceptors (Lipinski definition) is 3. The third-order valence-electron chi connectivity index (χ3n) is 5.87. The Hall–Kier alpha value is -2.02. The second-order valence-electron chi connectivity index (χ2n) is 8.45. The van der Waals surface area contributed by atoms with Crippen molar-refractivity contribution in [3.05, 3.63) is 35.4 Å². The molecule has 1 aliphatic carbocycles. The molecule has 0 spiro atoms. The van der Waals surface area contributed by atoms with Crippen molar-refractivity contribution in [1.82, 2.24) is 10.6 Å². The van der Waals surface area contributed by atoms with E-state index < -0.39 is 23.8 Å². The first-order valence-electron chi connectivity index (χ1n) is 11.0. The van der Waals surface area contributed by atoms with E-state index in [2.05, 4.69) is 10.6 Å². The van der Waals surface area contributed by atoms with Gasteiger partial charge in [0.05, 0.1) is 12.1 Å². The molecule has 2 rings (SSSR count). The van der Waals surface area contributed by atoms with Gasteiger partial charge in [-0.3, -0.25) is 9.59 Å². The molecule has 0 radical (unpaired) electrons. The molecule has 1 fully saturated rings. The number of nitrogens with one attached hydrogen (secondary N) is 2. The molecule has 30 heavy (non-hydrogen) atoms. The van der Waals surface area contributed by atoms with Crippen LogP contribution in [0.5, 0.6) is 0 Å². The van der Waals surface area contributed by atoms with Gasteiger partial charge in [0.1, 0.15) is 11.6 Å². The van der Waals surface area contributed by atoms with Crippen LogP contribution in [0, 0.1) is 17.6 Å². The molecule has 3 unspecified atom stereocenters. The van der Waals surface area contributed by atoms with E-state index in [0.717, 1.165) is 12.5 Å². The summed E-state index contributed by atoms with van der Waals surface area (Å²) in [6, 6.07) is 2.20. The predicted octanol–water partition coefficient (Wildman–Crippen LogP) is 3.63. The van der Waals surface area contributed by atoms with Crippen LogP contribution in [0.4, 0.5) is 8.78 Å². The summed E-state index contributed by atoms with van der Waals surface area (Å²) >= 11 is 0. The second kappa shape index (κ2) is 12.0. The van der Waals surface area contributed by atoms with Crippen LogP contribution in [0.25, 0.3) is 0 Å². The van der Waals surface area contributed by atoms with Crippen molar-refractivity contribution in [1.29, 1.82) is 0 Å². The zero-order chi connectivity index (χ0) is 22.1. The summed E-state index contributed by atoms with van der Waals surface area (Å²) in [5.74, 6) is -1.14. The maximum absolute atomic E-state index is 13.5. The highest BCUT2D eigenvalue weighted by Gasteiger charge is 2.25. The summed E-state index contributed by atoms with van der Waals surface area (Å²) in [6.07, 6.45) is 6.25. The number of carbonyl (C=O) groups excluding carboxylic acids is 2. The SMILES string of the molecule is CCC(CC(O)C(Cc1cc(F)cc(F)c1)NC(C)=O)NC(=O)CCC1CCCC1. The van der Waals surface area contributed by atoms with Crippen molar-refractivity contribution in [2.45, 2.75) is 89.8 Å². The molecule has 1 aromatic rings. The van der Waals surface area contributed by atoms with Gasteiger partial charge in [-0.05, 0) is 49.3 Å². The monoisotopic (exact) mass is 424 g/mol. The fraction of sp³-hybridized carbons (Fsp3) is 0.652. The van der Waals surface area contributed by atoms with Crippen molar-refractivity contribution in [2.24, 2.45) is 5.92 Å². The number of benzene rings is 1.